The predicted octanol–water partition coefficient (Wildman–Crippen LogP) is 5.19. The number of benzene rings is 2. The van der Waals surface area contributed by atoms with E-state index in [1.807, 2.05) is 74.5 Å². The molecule has 0 unspecified atom stereocenters. The van der Waals surface area contributed by atoms with Crippen LogP contribution in [0.4, 0.5) is 0 Å². The van der Waals surface area contributed by atoms with Crippen LogP contribution in [0.3, 0.4) is 0 Å². The molecule has 5 heteroatoms. The second kappa shape index (κ2) is 7.72. The van der Waals surface area contributed by atoms with Crippen molar-refractivity contribution in [1.29, 1.82) is 0 Å². The average molecular weight is 384 g/mol. The number of ether oxygens (including phenoxy) is 1. The van der Waals surface area contributed by atoms with Crippen LogP contribution in [0.2, 0.25) is 0 Å². The van der Waals surface area contributed by atoms with Gasteiger partial charge in [0, 0.05) is 28.4 Å². The van der Waals surface area contributed by atoms with E-state index in [9.17, 15) is 9.90 Å². The van der Waals surface area contributed by atoms with Gasteiger partial charge in [-0.15, -0.1) is 0 Å². The molecule has 0 fully saturated rings. The third-order valence-corrected chi connectivity index (χ3v) is 4.85. The van der Waals surface area contributed by atoms with E-state index in [1.54, 1.807) is 6.20 Å². The summed E-state index contributed by atoms with van der Waals surface area (Å²) in [6.07, 6.45) is 1.59. The van der Waals surface area contributed by atoms with Crippen molar-refractivity contribution in [3.8, 4) is 16.9 Å². The maximum atomic E-state index is 11.7. The zero-order valence-electron chi connectivity index (χ0n) is 16.2. The van der Waals surface area contributed by atoms with E-state index in [-0.39, 0.29) is 12.3 Å². The van der Waals surface area contributed by atoms with Crippen LogP contribution >= 0.6 is 0 Å². The van der Waals surface area contributed by atoms with Crippen molar-refractivity contribution in [2.45, 2.75) is 20.5 Å². The minimum Gasteiger partial charge on any atom is -0.486 e. The molecule has 4 aromatic rings. The highest BCUT2D eigenvalue weighted by atomic mass is 16.5. The van der Waals surface area contributed by atoms with Crippen LogP contribution in [0.25, 0.3) is 22.0 Å². The maximum absolute atomic E-state index is 11.7. The van der Waals surface area contributed by atoms with Gasteiger partial charge in [-0.05, 0) is 43.2 Å². The molecule has 0 amide bonds. The molecule has 0 atom stereocenters. The smallest absolute Gasteiger partial charge is 0.358 e. The molecule has 0 aliphatic heterocycles. The molecule has 5 nitrogen and oxygen atoms in total. The second-order valence-electron chi connectivity index (χ2n) is 6.91. The molecule has 0 saturated heterocycles. The maximum Gasteiger partial charge on any atom is 0.358 e. The molecule has 0 aliphatic rings. The molecule has 4 rings (SSSR count). The van der Waals surface area contributed by atoms with E-state index in [0.29, 0.717) is 5.75 Å². The number of carboxylic acids is 1. The minimum absolute atomic E-state index is 0.0831. The first-order valence-electron chi connectivity index (χ1n) is 9.30. The number of pyridine rings is 2. The monoisotopic (exact) mass is 384 g/mol. The topological polar surface area (TPSA) is 72.3 Å². The molecular weight excluding hydrogens is 364 g/mol. The summed E-state index contributed by atoms with van der Waals surface area (Å²) < 4.78 is 5.92. The van der Waals surface area contributed by atoms with Crippen molar-refractivity contribution >= 4 is 16.9 Å². The Morgan fingerprint density at radius 3 is 2.59 bits per heavy atom. The Morgan fingerprint density at radius 1 is 1.03 bits per heavy atom. The Balaban J connectivity index is 1.76. The highest BCUT2D eigenvalue weighted by molar-refractivity contribution is 5.91. The number of nitrogens with zero attached hydrogens (tertiary/aromatic N) is 2. The first kappa shape index (κ1) is 18.6. The summed E-state index contributed by atoms with van der Waals surface area (Å²) in [7, 11) is 0. The molecular formula is C24H20N2O3. The van der Waals surface area contributed by atoms with Crippen molar-refractivity contribution in [2.24, 2.45) is 0 Å². The summed E-state index contributed by atoms with van der Waals surface area (Å²) in [5.74, 6) is -0.818. The van der Waals surface area contributed by atoms with Crippen LogP contribution in [-0.4, -0.2) is 21.0 Å². The molecule has 0 saturated carbocycles. The number of aryl methyl sites for hydroxylation is 1. The lowest BCUT2D eigenvalue weighted by Crippen LogP contribution is -2.08. The lowest BCUT2D eigenvalue weighted by atomic mass is 9.99. The van der Waals surface area contributed by atoms with E-state index in [0.717, 1.165) is 38.9 Å². The van der Waals surface area contributed by atoms with Crippen molar-refractivity contribution in [2.75, 3.05) is 0 Å². The number of carbonyl (C=O) groups is 1. The first-order chi connectivity index (χ1) is 14.0. The third kappa shape index (κ3) is 3.80. The van der Waals surface area contributed by atoms with Gasteiger partial charge >= 0.3 is 5.97 Å². The Kier molecular flexibility index (Phi) is 4.96. The Morgan fingerprint density at radius 2 is 1.83 bits per heavy atom. The van der Waals surface area contributed by atoms with Gasteiger partial charge in [0.1, 0.15) is 6.61 Å². The van der Waals surface area contributed by atoms with Gasteiger partial charge in [0.15, 0.2) is 11.4 Å². The van der Waals surface area contributed by atoms with E-state index in [2.05, 4.69) is 9.97 Å². The van der Waals surface area contributed by atoms with E-state index in [4.69, 9.17) is 4.74 Å². The molecule has 0 spiro atoms. The van der Waals surface area contributed by atoms with Gasteiger partial charge in [-0.25, -0.2) is 9.78 Å². The van der Waals surface area contributed by atoms with Gasteiger partial charge < -0.3 is 9.84 Å². The van der Waals surface area contributed by atoms with Crippen LogP contribution in [0.15, 0.2) is 66.9 Å². The number of fused-ring (bicyclic) bond motifs is 1. The lowest BCUT2D eigenvalue weighted by Gasteiger charge is -2.15. The fourth-order valence-corrected chi connectivity index (χ4v) is 3.33. The lowest BCUT2D eigenvalue weighted by molar-refractivity contribution is 0.0684. The fourth-order valence-electron chi connectivity index (χ4n) is 3.33. The van der Waals surface area contributed by atoms with Crippen molar-refractivity contribution in [3.05, 3.63) is 89.4 Å². The van der Waals surface area contributed by atoms with Crippen LogP contribution in [0.1, 0.15) is 27.3 Å². The number of hydrogen-bond acceptors (Lipinski definition) is 4. The zero-order valence-corrected chi connectivity index (χ0v) is 16.2. The Hall–Kier alpha value is -3.73. The summed E-state index contributed by atoms with van der Waals surface area (Å²) >= 11 is 0. The predicted molar refractivity (Wildman–Crippen MR) is 112 cm³/mol. The van der Waals surface area contributed by atoms with E-state index >= 15 is 0 Å². The summed E-state index contributed by atoms with van der Waals surface area (Å²) in [5, 5.41) is 10.6. The van der Waals surface area contributed by atoms with Crippen LogP contribution in [0, 0.1) is 13.8 Å². The fraction of sp³-hybridized carbons (Fsp3) is 0.125. The van der Waals surface area contributed by atoms with Crippen molar-refractivity contribution in [3.63, 3.8) is 0 Å². The molecule has 0 radical (unpaired) electrons. The zero-order chi connectivity index (χ0) is 20.4. The number of aromatic nitrogens is 2. The van der Waals surface area contributed by atoms with Gasteiger partial charge in [-0.3, -0.25) is 4.98 Å². The Bertz CT molecular complexity index is 1200. The summed E-state index contributed by atoms with van der Waals surface area (Å²) in [5.41, 5.74) is 5.27. The number of carboxylic acid groups (broad SMARTS) is 1. The summed E-state index contributed by atoms with van der Waals surface area (Å²) in [4.78, 5) is 20.4. The largest absolute Gasteiger partial charge is 0.486 e. The standard InChI is InChI=1S/C24H20N2O3/c1-15-8-9-19-12-18(10-11-21(19)26-15)20-13-25-22(24(27)28)23(16(20)2)29-14-17-6-4-3-5-7-17/h3-13H,14H2,1-2H3,(H,27,28). The summed E-state index contributed by atoms with van der Waals surface area (Å²) in [6, 6.07) is 19.6. The minimum atomic E-state index is -1.11. The van der Waals surface area contributed by atoms with Gasteiger partial charge in [0.2, 0.25) is 0 Å². The molecule has 144 valence electrons. The molecule has 2 heterocycles. The SMILES string of the molecule is Cc1ccc2cc(-c3cnc(C(=O)O)c(OCc4ccccc4)c3C)ccc2n1. The molecule has 29 heavy (non-hydrogen) atoms. The van der Waals surface area contributed by atoms with Crippen molar-refractivity contribution in [1.82, 2.24) is 9.97 Å². The van der Waals surface area contributed by atoms with Gasteiger partial charge in [-0.2, -0.15) is 0 Å². The Labute approximate surface area is 168 Å². The molecule has 2 aromatic carbocycles. The summed E-state index contributed by atoms with van der Waals surface area (Å²) in [6.45, 7) is 4.10. The highest BCUT2D eigenvalue weighted by Gasteiger charge is 2.19. The highest BCUT2D eigenvalue weighted by Crippen LogP contribution is 2.33. The molecule has 2 aromatic heterocycles. The first-order valence-corrected chi connectivity index (χ1v) is 9.30. The molecule has 0 aliphatic carbocycles. The number of aromatic carboxylic acids is 1. The van der Waals surface area contributed by atoms with Gasteiger partial charge in [0.05, 0.1) is 5.52 Å². The average Bonchev–Trinajstić information content (AvgIpc) is 2.73. The van der Waals surface area contributed by atoms with Crippen molar-refractivity contribution < 1.29 is 14.6 Å². The number of rotatable bonds is 5. The van der Waals surface area contributed by atoms with Crippen LogP contribution in [0.5, 0.6) is 5.75 Å². The number of hydrogen-bond donors (Lipinski definition) is 1. The molecule has 0 bridgehead atoms. The van der Waals surface area contributed by atoms with E-state index in [1.165, 1.54) is 0 Å². The second-order valence-corrected chi connectivity index (χ2v) is 6.91. The van der Waals surface area contributed by atoms with Crippen LogP contribution in [-0.2, 0) is 6.61 Å². The third-order valence-electron chi connectivity index (χ3n) is 4.85. The van der Waals surface area contributed by atoms with Gasteiger partial charge in [0.25, 0.3) is 0 Å². The van der Waals surface area contributed by atoms with Gasteiger partial charge in [-0.1, -0.05) is 42.5 Å². The quantitative estimate of drug-likeness (QED) is 0.513. The van der Waals surface area contributed by atoms with E-state index < -0.39 is 5.97 Å². The van der Waals surface area contributed by atoms with Crippen LogP contribution < -0.4 is 4.74 Å². The molecule has 1 N–H and O–H groups in total. The normalized spacial score (nSPS) is 10.8.